The van der Waals surface area contributed by atoms with Crippen molar-refractivity contribution in [1.82, 2.24) is 0 Å². The van der Waals surface area contributed by atoms with Gasteiger partial charge in [-0.3, -0.25) is 0 Å². The minimum absolute atomic E-state index is 0.00927. The molecular weight excluding hydrogens is 387 g/mol. The molecule has 1 aromatic heterocycles. The molecule has 0 bridgehead atoms. The van der Waals surface area contributed by atoms with Crippen molar-refractivity contribution < 1.29 is 9.59 Å². The van der Waals surface area contributed by atoms with Crippen LogP contribution in [0.4, 0.5) is 0 Å². The second-order valence-corrected chi connectivity index (χ2v) is 9.60. The Morgan fingerprint density at radius 2 is 1.38 bits per heavy atom. The first kappa shape index (κ1) is 15.7. The molecule has 2 aliphatic carbocycles. The number of hydrogen-bond acceptors (Lipinski definition) is 2. The van der Waals surface area contributed by atoms with Gasteiger partial charge in [-0.25, -0.2) is 0 Å². The summed E-state index contributed by atoms with van der Waals surface area (Å²) in [6.07, 6.45) is 1.84. The third-order valence-corrected chi connectivity index (χ3v) is 8.35. The molecule has 0 N–H and O–H groups in total. The van der Waals surface area contributed by atoms with Gasteiger partial charge in [0, 0.05) is 0 Å². The number of fused-ring (bicyclic) bond motifs is 4. The van der Waals surface area contributed by atoms with Crippen LogP contribution >= 0.6 is 0 Å². The normalized spacial score (nSPS) is 16.5. The average molecular weight is 403 g/mol. The van der Waals surface area contributed by atoms with Crippen molar-refractivity contribution in [2.75, 3.05) is 0 Å². The summed E-state index contributed by atoms with van der Waals surface area (Å²) in [4.78, 5) is 25.3. The van der Waals surface area contributed by atoms with E-state index in [0.29, 0.717) is 16.7 Å². The summed E-state index contributed by atoms with van der Waals surface area (Å²) in [5, 5.41) is 0. The van der Waals surface area contributed by atoms with Crippen LogP contribution in [-0.2, 0) is 5.41 Å². The van der Waals surface area contributed by atoms with Gasteiger partial charge in [-0.1, -0.05) is 0 Å². The number of ketones is 2. The molecule has 0 fully saturated rings. The van der Waals surface area contributed by atoms with Crippen LogP contribution in [0.25, 0.3) is 17.2 Å². The van der Waals surface area contributed by atoms with Gasteiger partial charge in [0.05, 0.1) is 0 Å². The van der Waals surface area contributed by atoms with Gasteiger partial charge in [-0.2, -0.15) is 0 Å². The summed E-state index contributed by atoms with van der Waals surface area (Å²) >= 11 is 0.125. The Balaban J connectivity index is 1.63. The second kappa shape index (κ2) is 5.26. The number of carbonyl (C=O) groups excluding carboxylic acids is 2. The summed E-state index contributed by atoms with van der Waals surface area (Å²) in [6.45, 7) is 4.53. The molecule has 5 rings (SSSR count). The molecule has 0 spiro atoms. The molecule has 0 aliphatic heterocycles. The van der Waals surface area contributed by atoms with Gasteiger partial charge in [0.2, 0.25) is 0 Å². The first-order chi connectivity index (χ1) is 12.5. The van der Waals surface area contributed by atoms with Gasteiger partial charge in [-0.05, 0) is 0 Å². The predicted octanol–water partition coefficient (Wildman–Crippen LogP) is 4.51. The van der Waals surface area contributed by atoms with Crippen molar-refractivity contribution in [2.24, 2.45) is 0 Å². The zero-order chi connectivity index (χ0) is 18.1. The Morgan fingerprint density at radius 3 is 2.04 bits per heavy atom. The Labute approximate surface area is 157 Å². The molecule has 2 nitrogen and oxygen atoms in total. The minimum atomic E-state index is -0.144. The monoisotopic (exact) mass is 404 g/mol. The van der Waals surface area contributed by atoms with Crippen LogP contribution < -0.4 is 0 Å². The molecule has 26 heavy (non-hydrogen) atoms. The second-order valence-electron chi connectivity index (χ2n) is 7.32. The van der Waals surface area contributed by atoms with E-state index >= 15 is 0 Å². The van der Waals surface area contributed by atoms with Gasteiger partial charge in [-0.15, -0.1) is 0 Å². The van der Waals surface area contributed by atoms with Crippen LogP contribution in [0.2, 0.25) is 0 Å². The maximum atomic E-state index is 12.6. The zero-order valence-corrected chi connectivity index (χ0v) is 16.2. The van der Waals surface area contributed by atoms with Crippen LogP contribution in [0, 0.1) is 0 Å². The van der Waals surface area contributed by atoms with Crippen LogP contribution in [0.3, 0.4) is 0 Å². The van der Waals surface area contributed by atoms with Gasteiger partial charge in [0.1, 0.15) is 0 Å². The maximum absolute atomic E-state index is 12.6. The molecule has 0 amide bonds. The zero-order valence-electron chi connectivity index (χ0n) is 14.5. The third-order valence-electron chi connectivity index (χ3n) is 5.40. The number of rotatable bonds is 1. The fourth-order valence-corrected chi connectivity index (χ4v) is 6.66. The third kappa shape index (κ3) is 1.99. The Bertz CT molecular complexity index is 1110. The van der Waals surface area contributed by atoms with Crippen molar-refractivity contribution in [1.29, 1.82) is 0 Å². The summed E-state index contributed by atoms with van der Waals surface area (Å²) in [7, 11) is 0. The Hall–Kier alpha value is -2.48. The van der Waals surface area contributed by atoms with Crippen molar-refractivity contribution in [2.45, 2.75) is 19.3 Å². The van der Waals surface area contributed by atoms with E-state index in [-0.39, 0.29) is 31.5 Å². The number of Topliss-reactive ketones (excluding diaryl/α,β-unsaturated/α-hetero) is 2. The molecule has 0 radical (unpaired) electrons. The molecule has 0 unspecified atom stereocenters. The van der Waals surface area contributed by atoms with Crippen molar-refractivity contribution in [3.63, 3.8) is 0 Å². The fraction of sp³-hybridized carbons (Fsp3) is 0.130. The summed E-state index contributed by atoms with van der Waals surface area (Å²) in [6, 6.07) is 17.8. The molecular formula is C23H16O2Se. The fourth-order valence-electron chi connectivity index (χ4n) is 4.08. The number of allylic oxidation sites excluding steroid dienone is 1. The predicted molar refractivity (Wildman–Crippen MR) is 104 cm³/mol. The molecule has 3 heteroatoms. The molecule has 1 heterocycles. The van der Waals surface area contributed by atoms with Crippen LogP contribution in [0.15, 0.2) is 60.2 Å². The Kier molecular flexibility index (Phi) is 3.19. The first-order valence-electron chi connectivity index (χ1n) is 8.63. The molecule has 3 aromatic rings. The van der Waals surface area contributed by atoms with Crippen LogP contribution in [-0.4, -0.2) is 26.1 Å². The number of benzene rings is 2. The standard InChI is InChI=1S/C23H16O2Se/c1-23(2)19-10-6-5-7-14(19)17-11-13(26-22(17)23)12-18-20(24)15-8-3-4-9-16(15)21(18)25/h3-12H,1-2H3. The summed E-state index contributed by atoms with van der Waals surface area (Å²) in [5.41, 5.74) is 5.32. The molecule has 0 saturated heterocycles. The quantitative estimate of drug-likeness (QED) is 0.340. The number of carbonyl (C=O) groups is 2. The van der Waals surface area contributed by atoms with E-state index in [0.717, 1.165) is 4.44 Å². The molecule has 0 atom stereocenters. The number of hydrogen-bond donors (Lipinski definition) is 0. The van der Waals surface area contributed by atoms with E-state index in [9.17, 15) is 9.59 Å². The van der Waals surface area contributed by atoms with E-state index in [1.165, 1.54) is 21.1 Å². The van der Waals surface area contributed by atoms with E-state index in [4.69, 9.17) is 0 Å². The summed E-state index contributed by atoms with van der Waals surface area (Å²) in [5.74, 6) is -0.289. The van der Waals surface area contributed by atoms with Crippen LogP contribution in [0.1, 0.15) is 49.0 Å². The van der Waals surface area contributed by atoms with Gasteiger partial charge < -0.3 is 0 Å². The first-order valence-corrected chi connectivity index (χ1v) is 10.3. The molecule has 0 saturated carbocycles. The van der Waals surface area contributed by atoms with E-state index < -0.39 is 0 Å². The molecule has 2 aliphatic rings. The molecule has 2 aromatic carbocycles. The van der Waals surface area contributed by atoms with E-state index in [1.54, 1.807) is 24.3 Å². The van der Waals surface area contributed by atoms with Crippen molar-refractivity contribution >= 4 is 32.1 Å². The summed E-state index contributed by atoms with van der Waals surface area (Å²) < 4.78 is 2.54. The van der Waals surface area contributed by atoms with Crippen LogP contribution in [0.5, 0.6) is 0 Å². The topological polar surface area (TPSA) is 34.1 Å². The average Bonchev–Trinajstić information content (AvgIpc) is 3.24. The van der Waals surface area contributed by atoms with Gasteiger partial charge >= 0.3 is 158 Å². The SMILES string of the molecule is CC1(C)c2ccccc2-c2cc(C=C3C(=O)c4ccccc4C3=O)[se]c21. The molecule has 126 valence electrons. The van der Waals surface area contributed by atoms with Crippen molar-refractivity contribution in [3.05, 3.63) is 85.7 Å². The Morgan fingerprint density at radius 1 is 0.808 bits per heavy atom. The van der Waals surface area contributed by atoms with E-state index in [1.807, 2.05) is 6.08 Å². The van der Waals surface area contributed by atoms with Gasteiger partial charge in [0.15, 0.2) is 0 Å². The van der Waals surface area contributed by atoms with E-state index in [2.05, 4.69) is 44.2 Å². The van der Waals surface area contributed by atoms with Gasteiger partial charge in [0.25, 0.3) is 0 Å². The van der Waals surface area contributed by atoms with Crippen molar-refractivity contribution in [3.8, 4) is 11.1 Å².